The highest BCUT2D eigenvalue weighted by Crippen LogP contribution is 2.39. The van der Waals surface area contributed by atoms with Crippen LogP contribution in [-0.2, 0) is 23.6 Å². The summed E-state index contributed by atoms with van der Waals surface area (Å²) >= 11 is 0. The predicted octanol–water partition coefficient (Wildman–Crippen LogP) is 6.92. The Labute approximate surface area is 226 Å². The Morgan fingerprint density at radius 3 is 2.00 bits per heavy atom. The Kier molecular flexibility index (Phi) is 7.78. The van der Waals surface area contributed by atoms with Crippen molar-refractivity contribution in [2.45, 2.75) is 24.9 Å². The van der Waals surface area contributed by atoms with Gasteiger partial charge in [-0.05, 0) is 42.0 Å². The highest BCUT2D eigenvalue weighted by atomic mass is 19.4. The quantitative estimate of drug-likeness (QED) is 0.319. The zero-order valence-corrected chi connectivity index (χ0v) is 20.5. The average Bonchev–Trinajstić information content (AvgIpc) is 2.99. The topological polar surface area (TPSA) is 64.9 Å². The lowest BCUT2D eigenvalue weighted by Crippen LogP contribution is -2.36. The van der Waals surface area contributed by atoms with Crippen LogP contribution in [-0.4, -0.2) is 29.9 Å². The first-order chi connectivity index (χ1) is 19.0. The lowest BCUT2D eigenvalue weighted by atomic mass is 10.0. The summed E-state index contributed by atoms with van der Waals surface area (Å²) in [7, 11) is 0. The van der Waals surface area contributed by atoms with Crippen molar-refractivity contribution < 1.29 is 49.4 Å². The number of carbonyl (C=O) groups is 1. The van der Waals surface area contributed by atoms with Crippen molar-refractivity contribution >= 4 is 23.5 Å². The molecule has 0 aliphatic carbocycles. The molecular formula is C27H18F9N3O2. The van der Waals surface area contributed by atoms with Gasteiger partial charge in [-0.3, -0.25) is 4.79 Å². The number of halogens is 9. The van der Waals surface area contributed by atoms with Gasteiger partial charge in [0.15, 0.2) is 5.82 Å². The van der Waals surface area contributed by atoms with Gasteiger partial charge in [0.2, 0.25) is 5.91 Å². The summed E-state index contributed by atoms with van der Waals surface area (Å²) in [6.07, 6.45) is -15.0. The Morgan fingerprint density at radius 1 is 0.829 bits per heavy atom. The number of aliphatic imine (C=N–C) groups is 1. The maximum Gasteiger partial charge on any atom is 0.416 e. The molecule has 4 rings (SSSR count). The van der Waals surface area contributed by atoms with Crippen molar-refractivity contribution in [2.75, 3.05) is 11.4 Å². The normalized spacial score (nSPS) is 14.1. The van der Waals surface area contributed by atoms with Gasteiger partial charge in [0.1, 0.15) is 12.3 Å². The number of nitrogens with zero attached hydrogens (tertiary/aromatic N) is 2. The predicted molar refractivity (Wildman–Crippen MR) is 131 cm³/mol. The summed E-state index contributed by atoms with van der Waals surface area (Å²) in [5, 5.41) is 12.7. The van der Waals surface area contributed by atoms with E-state index in [4.69, 9.17) is 0 Å². The van der Waals surface area contributed by atoms with Crippen LogP contribution in [0, 0.1) is 0 Å². The number of anilines is 1. The number of amides is 1. The summed E-state index contributed by atoms with van der Waals surface area (Å²) in [6.45, 7) is -1.60. The van der Waals surface area contributed by atoms with E-state index < -0.39 is 71.4 Å². The van der Waals surface area contributed by atoms with Gasteiger partial charge in [0, 0.05) is 17.3 Å². The van der Waals surface area contributed by atoms with Crippen LogP contribution in [0.25, 0.3) is 5.70 Å². The van der Waals surface area contributed by atoms with E-state index in [0.29, 0.717) is 12.1 Å². The Balaban J connectivity index is 1.82. The van der Waals surface area contributed by atoms with E-state index in [9.17, 15) is 49.4 Å². The first-order valence-corrected chi connectivity index (χ1v) is 11.6. The molecule has 3 aromatic carbocycles. The van der Waals surface area contributed by atoms with Gasteiger partial charge in [-0.15, -0.1) is 0 Å². The molecular weight excluding hydrogens is 569 g/mol. The molecule has 0 spiro atoms. The number of phenols is 1. The summed E-state index contributed by atoms with van der Waals surface area (Å²) in [5.41, 5.74) is -4.31. The van der Waals surface area contributed by atoms with Crippen molar-refractivity contribution in [1.29, 1.82) is 0 Å². The third kappa shape index (κ3) is 6.99. The van der Waals surface area contributed by atoms with Crippen LogP contribution < -0.4 is 10.2 Å². The fourth-order valence-corrected chi connectivity index (χ4v) is 4.15. The van der Waals surface area contributed by atoms with Crippen molar-refractivity contribution in [3.8, 4) is 5.75 Å². The molecule has 2 N–H and O–H groups in total. The molecule has 5 nitrogen and oxygen atoms in total. The summed E-state index contributed by atoms with van der Waals surface area (Å²) < 4.78 is 121. The molecule has 1 aliphatic heterocycles. The number of aromatic hydroxyl groups is 1. The molecule has 0 saturated carbocycles. The molecule has 1 amide bonds. The third-order valence-electron chi connectivity index (χ3n) is 5.82. The zero-order valence-electron chi connectivity index (χ0n) is 20.5. The molecule has 0 saturated heterocycles. The van der Waals surface area contributed by atoms with E-state index in [1.54, 1.807) is 0 Å². The highest BCUT2D eigenvalue weighted by molar-refractivity contribution is 5.98. The van der Waals surface area contributed by atoms with Crippen molar-refractivity contribution in [2.24, 2.45) is 4.99 Å². The highest BCUT2D eigenvalue weighted by Gasteiger charge is 2.38. The smallest absolute Gasteiger partial charge is 0.416 e. The molecule has 3 aromatic rings. The van der Waals surface area contributed by atoms with Crippen LogP contribution in [0.2, 0.25) is 0 Å². The molecule has 41 heavy (non-hydrogen) atoms. The summed E-state index contributed by atoms with van der Waals surface area (Å²) in [6, 6.07) is 11.6. The summed E-state index contributed by atoms with van der Waals surface area (Å²) in [4.78, 5) is 17.8. The molecule has 1 heterocycles. The van der Waals surface area contributed by atoms with Gasteiger partial charge < -0.3 is 15.3 Å². The molecule has 0 fully saturated rings. The van der Waals surface area contributed by atoms with E-state index in [2.05, 4.69) is 10.3 Å². The minimum absolute atomic E-state index is 0.00349. The molecule has 0 atom stereocenters. The maximum absolute atomic E-state index is 13.8. The Bertz CT molecular complexity index is 1490. The van der Waals surface area contributed by atoms with Gasteiger partial charge in [-0.25, -0.2) is 4.99 Å². The van der Waals surface area contributed by atoms with Crippen molar-refractivity contribution in [3.05, 3.63) is 100 Å². The van der Waals surface area contributed by atoms with Crippen molar-refractivity contribution in [3.63, 3.8) is 0 Å². The number of fused-ring (bicyclic) bond motifs is 1. The van der Waals surface area contributed by atoms with Crippen molar-refractivity contribution in [1.82, 2.24) is 5.32 Å². The van der Waals surface area contributed by atoms with Crippen LogP contribution in [0.15, 0.2) is 77.5 Å². The zero-order chi connectivity index (χ0) is 30.2. The second kappa shape index (κ2) is 10.8. The van der Waals surface area contributed by atoms with Crippen LogP contribution >= 0.6 is 0 Å². The van der Waals surface area contributed by atoms with E-state index >= 15 is 0 Å². The molecule has 1 aliphatic rings. The van der Waals surface area contributed by atoms with E-state index in [0.717, 1.165) is 11.1 Å². The monoisotopic (exact) mass is 587 g/mol. The SMILES string of the molecule is O=C(Cc1cc(C(F)(F)F)cc(C(F)(F)F)c1)NC1=C(c2ccccc2O)N(CC(F)(F)F)c2ccccc2C=N1. The number of benzene rings is 3. The molecule has 216 valence electrons. The van der Waals surface area contributed by atoms with Gasteiger partial charge in [0.05, 0.1) is 28.9 Å². The summed E-state index contributed by atoms with van der Waals surface area (Å²) in [5.74, 6) is -2.18. The lowest BCUT2D eigenvalue weighted by molar-refractivity contribution is -0.143. The van der Waals surface area contributed by atoms with Gasteiger partial charge in [-0.2, -0.15) is 39.5 Å². The van der Waals surface area contributed by atoms with E-state index in [1.165, 1.54) is 48.5 Å². The first-order valence-electron chi connectivity index (χ1n) is 11.6. The fourth-order valence-electron chi connectivity index (χ4n) is 4.15. The van der Waals surface area contributed by atoms with E-state index in [1.807, 2.05) is 0 Å². The van der Waals surface area contributed by atoms with Crippen LogP contribution in [0.4, 0.5) is 45.2 Å². The second-order valence-electron chi connectivity index (χ2n) is 8.87. The van der Waals surface area contributed by atoms with E-state index in [-0.39, 0.29) is 22.9 Å². The minimum Gasteiger partial charge on any atom is -0.507 e. The fraction of sp³-hybridized carbons (Fsp3) is 0.185. The Hall–Kier alpha value is -4.49. The van der Waals surface area contributed by atoms with Gasteiger partial charge >= 0.3 is 18.5 Å². The molecule has 0 bridgehead atoms. The average molecular weight is 587 g/mol. The minimum atomic E-state index is -5.15. The van der Waals surface area contributed by atoms with Crippen LogP contribution in [0.3, 0.4) is 0 Å². The molecule has 0 unspecified atom stereocenters. The lowest BCUT2D eigenvalue weighted by Gasteiger charge is -2.30. The van der Waals surface area contributed by atoms with Crippen LogP contribution in [0.5, 0.6) is 5.75 Å². The van der Waals surface area contributed by atoms with Gasteiger partial charge in [0.25, 0.3) is 0 Å². The van der Waals surface area contributed by atoms with Crippen LogP contribution in [0.1, 0.15) is 27.8 Å². The number of nitrogens with one attached hydrogen (secondary N) is 1. The molecule has 14 heteroatoms. The maximum atomic E-state index is 13.8. The number of alkyl halides is 9. The number of rotatable bonds is 5. The third-order valence-corrected chi connectivity index (χ3v) is 5.82. The number of phenolic OH excluding ortho intramolecular Hbond substituents is 1. The number of hydrogen-bond acceptors (Lipinski definition) is 4. The Morgan fingerprint density at radius 2 is 1.41 bits per heavy atom. The number of hydrogen-bond donors (Lipinski definition) is 2. The second-order valence-corrected chi connectivity index (χ2v) is 8.87. The molecule has 0 radical (unpaired) electrons. The first kappa shape index (κ1) is 29.5. The standard InChI is InChI=1S/C27H18F9N3O2/c28-25(29,30)14-39-20-7-3-1-5-16(20)13-37-24(23(39)19-6-2-4-8-21(19)40)38-22(41)11-15-9-17(26(31,32)33)12-18(10-15)27(34,35)36/h1-10,12-13,40H,11,14H2,(H,38,41). The number of para-hydroxylation sites is 2. The largest absolute Gasteiger partial charge is 0.507 e. The van der Waals surface area contributed by atoms with Gasteiger partial charge in [-0.1, -0.05) is 30.3 Å². The number of carbonyl (C=O) groups excluding carboxylic acids is 1. The molecule has 0 aromatic heterocycles.